The Balaban J connectivity index is 1.41. The third-order valence-corrected chi connectivity index (χ3v) is 4.58. The molecule has 1 saturated heterocycles. The van der Waals surface area contributed by atoms with Crippen molar-refractivity contribution in [2.24, 2.45) is 0 Å². The van der Waals surface area contributed by atoms with E-state index in [0.717, 1.165) is 25.2 Å². The number of hydrogen-bond donors (Lipinski definition) is 2. The zero-order valence-electron chi connectivity index (χ0n) is 16.5. The van der Waals surface area contributed by atoms with Crippen LogP contribution in [-0.4, -0.2) is 44.8 Å². The molecule has 154 valence electrons. The van der Waals surface area contributed by atoms with Crippen LogP contribution in [0.3, 0.4) is 0 Å². The van der Waals surface area contributed by atoms with Crippen LogP contribution in [0, 0.1) is 0 Å². The summed E-state index contributed by atoms with van der Waals surface area (Å²) in [6, 6.07) is 13.8. The molecule has 1 fully saturated rings. The molecule has 2 aromatic rings. The maximum absolute atomic E-state index is 12.3. The molecule has 29 heavy (non-hydrogen) atoms. The zero-order valence-corrected chi connectivity index (χ0v) is 16.5. The van der Waals surface area contributed by atoms with Crippen molar-refractivity contribution in [3.8, 4) is 5.75 Å². The fraction of sp³-hybridized carbons (Fsp3) is 0.364. The summed E-state index contributed by atoms with van der Waals surface area (Å²) in [6.45, 7) is 1.68. The summed E-state index contributed by atoms with van der Waals surface area (Å²) in [7, 11) is 1.59. The molecule has 0 radical (unpaired) electrons. The first-order valence-corrected chi connectivity index (χ1v) is 9.69. The van der Waals surface area contributed by atoms with Crippen molar-refractivity contribution in [1.82, 2.24) is 0 Å². The molecule has 0 aliphatic carbocycles. The topological polar surface area (TPSA) is 85.9 Å². The van der Waals surface area contributed by atoms with Gasteiger partial charge in [0.2, 0.25) is 5.91 Å². The Morgan fingerprint density at radius 2 is 1.72 bits per heavy atom. The summed E-state index contributed by atoms with van der Waals surface area (Å²) >= 11 is 0. The van der Waals surface area contributed by atoms with Gasteiger partial charge in [0.1, 0.15) is 5.75 Å². The van der Waals surface area contributed by atoms with Gasteiger partial charge in [0.05, 0.1) is 32.8 Å². The van der Waals surface area contributed by atoms with E-state index < -0.39 is 0 Å². The van der Waals surface area contributed by atoms with Gasteiger partial charge in [-0.3, -0.25) is 9.59 Å². The van der Waals surface area contributed by atoms with Gasteiger partial charge in [-0.25, -0.2) is 0 Å². The van der Waals surface area contributed by atoms with E-state index in [9.17, 15) is 9.59 Å². The molecule has 2 N–H and O–H groups in total. The van der Waals surface area contributed by atoms with Crippen LogP contribution >= 0.6 is 0 Å². The number of methoxy groups -OCH3 is 1. The van der Waals surface area contributed by atoms with Crippen LogP contribution in [0.25, 0.3) is 0 Å². The second kappa shape index (κ2) is 10.6. The highest BCUT2D eigenvalue weighted by molar-refractivity contribution is 6.04. The summed E-state index contributed by atoms with van der Waals surface area (Å²) in [5.41, 5.74) is 1.81. The van der Waals surface area contributed by atoms with Crippen LogP contribution in [0.2, 0.25) is 0 Å². The van der Waals surface area contributed by atoms with Crippen LogP contribution < -0.4 is 15.4 Å². The lowest BCUT2D eigenvalue weighted by Crippen LogP contribution is -2.18. The van der Waals surface area contributed by atoms with E-state index in [2.05, 4.69) is 10.6 Å². The van der Waals surface area contributed by atoms with Gasteiger partial charge in [-0.05, 0) is 61.4 Å². The molecule has 1 unspecified atom stereocenters. The van der Waals surface area contributed by atoms with Crippen LogP contribution in [0.4, 0.5) is 11.4 Å². The maximum Gasteiger partial charge on any atom is 0.255 e. The van der Waals surface area contributed by atoms with E-state index in [1.54, 1.807) is 55.6 Å². The van der Waals surface area contributed by atoms with Gasteiger partial charge < -0.3 is 24.8 Å². The average molecular weight is 398 g/mol. The molecule has 0 bridgehead atoms. The van der Waals surface area contributed by atoms with Gasteiger partial charge >= 0.3 is 0 Å². The number of carbonyl (C=O) groups is 2. The Bertz CT molecular complexity index is 799. The van der Waals surface area contributed by atoms with Crippen LogP contribution in [0.1, 0.15) is 29.6 Å². The zero-order chi connectivity index (χ0) is 20.5. The monoisotopic (exact) mass is 398 g/mol. The van der Waals surface area contributed by atoms with Gasteiger partial charge in [-0.2, -0.15) is 0 Å². The van der Waals surface area contributed by atoms with Crippen molar-refractivity contribution in [2.45, 2.75) is 25.4 Å². The lowest BCUT2D eigenvalue weighted by atomic mass is 10.2. The molecule has 0 spiro atoms. The molecule has 0 saturated carbocycles. The van der Waals surface area contributed by atoms with Crippen molar-refractivity contribution in [3.05, 3.63) is 54.1 Å². The van der Waals surface area contributed by atoms with Gasteiger partial charge in [-0.15, -0.1) is 0 Å². The van der Waals surface area contributed by atoms with E-state index in [4.69, 9.17) is 14.2 Å². The Kier molecular flexibility index (Phi) is 7.61. The largest absolute Gasteiger partial charge is 0.497 e. The molecule has 7 heteroatoms. The number of amides is 2. The Morgan fingerprint density at radius 1 is 1.03 bits per heavy atom. The molecule has 0 aromatic heterocycles. The van der Waals surface area contributed by atoms with Crippen LogP contribution in [-0.2, 0) is 14.3 Å². The lowest BCUT2D eigenvalue weighted by molar-refractivity contribution is -0.117. The molecule has 1 aliphatic rings. The fourth-order valence-corrected chi connectivity index (χ4v) is 2.96. The van der Waals surface area contributed by atoms with Crippen molar-refractivity contribution in [3.63, 3.8) is 0 Å². The highest BCUT2D eigenvalue weighted by atomic mass is 16.5. The molecule has 3 rings (SSSR count). The second-order valence-electron chi connectivity index (χ2n) is 6.77. The SMILES string of the molecule is COc1ccc(NC(=O)c2ccc(NC(=O)CCOCC3CCCO3)cc2)cc1. The smallest absolute Gasteiger partial charge is 0.255 e. The van der Waals surface area contributed by atoms with Gasteiger partial charge in [0, 0.05) is 23.5 Å². The number of carbonyl (C=O) groups excluding carboxylic acids is 2. The summed E-state index contributed by atoms with van der Waals surface area (Å²) in [5, 5.41) is 5.62. The predicted octanol–water partition coefficient (Wildman–Crippen LogP) is 3.47. The van der Waals surface area contributed by atoms with Crippen LogP contribution in [0.5, 0.6) is 5.75 Å². The van der Waals surface area contributed by atoms with E-state index in [1.807, 2.05) is 0 Å². The van der Waals surface area contributed by atoms with E-state index in [0.29, 0.717) is 30.2 Å². The third-order valence-electron chi connectivity index (χ3n) is 4.58. The molecular formula is C22H26N2O5. The molecule has 1 heterocycles. The predicted molar refractivity (Wildman–Crippen MR) is 110 cm³/mol. The number of benzene rings is 2. The quantitative estimate of drug-likeness (QED) is 0.632. The van der Waals surface area contributed by atoms with Gasteiger partial charge in [0.25, 0.3) is 5.91 Å². The Labute approximate surface area is 170 Å². The molecule has 7 nitrogen and oxygen atoms in total. The van der Waals surface area contributed by atoms with Crippen molar-refractivity contribution < 1.29 is 23.8 Å². The van der Waals surface area contributed by atoms with E-state index >= 15 is 0 Å². The van der Waals surface area contributed by atoms with Crippen molar-refractivity contribution >= 4 is 23.2 Å². The van der Waals surface area contributed by atoms with Crippen molar-refractivity contribution in [2.75, 3.05) is 37.6 Å². The molecular weight excluding hydrogens is 372 g/mol. The van der Waals surface area contributed by atoms with Crippen LogP contribution in [0.15, 0.2) is 48.5 Å². The average Bonchev–Trinajstić information content (AvgIpc) is 3.26. The fourth-order valence-electron chi connectivity index (χ4n) is 2.96. The standard InChI is InChI=1S/C22H26N2O5/c1-27-19-10-8-18(9-11-19)24-22(26)16-4-6-17(7-5-16)23-21(25)12-14-28-15-20-3-2-13-29-20/h4-11,20H,2-3,12-15H2,1H3,(H,23,25)(H,24,26). The number of anilines is 2. The summed E-state index contributed by atoms with van der Waals surface area (Å²) in [5.74, 6) is 0.365. The summed E-state index contributed by atoms with van der Waals surface area (Å²) in [4.78, 5) is 24.3. The summed E-state index contributed by atoms with van der Waals surface area (Å²) < 4.78 is 16.1. The highest BCUT2D eigenvalue weighted by Crippen LogP contribution is 2.17. The van der Waals surface area contributed by atoms with Crippen molar-refractivity contribution in [1.29, 1.82) is 0 Å². The molecule has 2 aromatic carbocycles. The minimum Gasteiger partial charge on any atom is -0.497 e. The Morgan fingerprint density at radius 3 is 2.38 bits per heavy atom. The highest BCUT2D eigenvalue weighted by Gasteiger charge is 2.15. The minimum atomic E-state index is -0.226. The second-order valence-corrected chi connectivity index (χ2v) is 6.77. The Hall–Kier alpha value is -2.90. The molecule has 1 aliphatic heterocycles. The normalized spacial score (nSPS) is 15.7. The number of ether oxygens (including phenoxy) is 3. The molecule has 1 atom stereocenters. The first-order chi connectivity index (χ1) is 14.1. The number of hydrogen-bond acceptors (Lipinski definition) is 5. The molecule has 2 amide bonds. The number of rotatable bonds is 9. The van der Waals surface area contributed by atoms with E-state index in [1.165, 1.54) is 0 Å². The summed E-state index contributed by atoms with van der Waals surface area (Å²) in [6.07, 6.45) is 2.52. The number of nitrogens with one attached hydrogen (secondary N) is 2. The maximum atomic E-state index is 12.3. The van der Waals surface area contributed by atoms with Gasteiger partial charge in [-0.1, -0.05) is 0 Å². The third kappa shape index (κ3) is 6.58. The van der Waals surface area contributed by atoms with E-state index in [-0.39, 0.29) is 24.3 Å². The lowest BCUT2D eigenvalue weighted by Gasteiger charge is -2.10. The first kappa shape index (κ1) is 20.8. The minimum absolute atomic E-state index is 0.132. The van der Waals surface area contributed by atoms with Gasteiger partial charge in [0.15, 0.2) is 0 Å². The first-order valence-electron chi connectivity index (χ1n) is 9.69.